The van der Waals surface area contributed by atoms with E-state index in [2.05, 4.69) is 5.32 Å². The van der Waals surface area contributed by atoms with Crippen molar-refractivity contribution in [1.82, 2.24) is 10.2 Å². The molecule has 37 heavy (non-hydrogen) atoms. The number of nitrogens with zero attached hydrogens (tertiary/aromatic N) is 1. The molecule has 12 heteroatoms. The number of thioether (sulfide) groups is 1. The van der Waals surface area contributed by atoms with Gasteiger partial charge in [-0.2, -0.15) is 0 Å². The second kappa shape index (κ2) is 12.8. The molecular weight excluding hydrogens is 511 g/mol. The van der Waals surface area contributed by atoms with Gasteiger partial charge in [-0.05, 0) is 42.2 Å². The number of halogens is 3. The summed E-state index contributed by atoms with van der Waals surface area (Å²) >= 11 is 1.29. The Hall–Kier alpha value is -3.25. The quantitative estimate of drug-likeness (QED) is 0.376. The lowest BCUT2D eigenvalue weighted by molar-refractivity contribution is -0.145. The Morgan fingerprint density at radius 3 is 2.62 bits per heavy atom. The number of carboxylic acids is 1. The summed E-state index contributed by atoms with van der Waals surface area (Å²) in [5.74, 6) is -4.43. The van der Waals surface area contributed by atoms with E-state index in [1.54, 1.807) is 31.2 Å². The first-order chi connectivity index (χ1) is 17.6. The number of rotatable bonds is 11. The predicted molar refractivity (Wildman–Crippen MR) is 131 cm³/mol. The number of amides is 2. The normalized spacial score (nSPS) is 16.8. The first-order valence-corrected chi connectivity index (χ1v) is 12.7. The smallest absolute Gasteiger partial charge is 0.344 e. The maximum absolute atomic E-state index is 13.9. The molecular formula is C25H28F3N3O5S. The summed E-state index contributed by atoms with van der Waals surface area (Å²) in [5.41, 5.74) is 6.53. The van der Waals surface area contributed by atoms with Crippen LogP contribution in [-0.2, 0) is 27.3 Å². The van der Waals surface area contributed by atoms with E-state index in [1.807, 2.05) is 0 Å². The van der Waals surface area contributed by atoms with Crippen LogP contribution in [0.25, 0.3) is 0 Å². The number of benzene rings is 2. The highest BCUT2D eigenvalue weighted by molar-refractivity contribution is 8.00. The van der Waals surface area contributed by atoms with E-state index in [-0.39, 0.29) is 30.9 Å². The summed E-state index contributed by atoms with van der Waals surface area (Å²) in [6.07, 6.45) is -1.07. The molecule has 0 aliphatic carbocycles. The van der Waals surface area contributed by atoms with Crippen LogP contribution < -0.4 is 15.8 Å². The van der Waals surface area contributed by atoms with Crippen LogP contribution in [0.3, 0.4) is 0 Å². The molecule has 1 saturated heterocycles. The predicted octanol–water partition coefficient (Wildman–Crippen LogP) is 2.82. The summed E-state index contributed by atoms with van der Waals surface area (Å²) in [6.45, 7) is 2.15. The van der Waals surface area contributed by atoms with Crippen LogP contribution in [0.1, 0.15) is 30.9 Å². The lowest BCUT2D eigenvalue weighted by Crippen LogP contribution is -2.46. The van der Waals surface area contributed by atoms with Crippen molar-refractivity contribution in [2.75, 3.05) is 12.3 Å². The maximum Gasteiger partial charge on any atom is 0.344 e. The Morgan fingerprint density at radius 1 is 1.19 bits per heavy atom. The average molecular weight is 540 g/mol. The van der Waals surface area contributed by atoms with Crippen molar-refractivity contribution in [2.24, 2.45) is 5.73 Å². The van der Waals surface area contributed by atoms with Crippen LogP contribution >= 0.6 is 11.8 Å². The molecule has 1 aliphatic rings. The zero-order chi connectivity index (χ0) is 27.1. The summed E-state index contributed by atoms with van der Waals surface area (Å²) in [7, 11) is 0. The summed E-state index contributed by atoms with van der Waals surface area (Å²) in [4.78, 5) is 38.2. The fourth-order valence-electron chi connectivity index (χ4n) is 3.84. The minimum absolute atomic E-state index is 0.133. The van der Waals surface area contributed by atoms with Crippen molar-refractivity contribution in [1.29, 1.82) is 0 Å². The molecule has 1 fully saturated rings. The summed E-state index contributed by atoms with van der Waals surface area (Å²) in [6, 6.07) is 6.99. The molecule has 200 valence electrons. The highest BCUT2D eigenvalue weighted by atomic mass is 32.2. The molecule has 0 radical (unpaired) electrons. The van der Waals surface area contributed by atoms with Gasteiger partial charge < -0.3 is 25.8 Å². The van der Waals surface area contributed by atoms with E-state index in [1.165, 1.54) is 16.7 Å². The standard InChI is InChI=1S/C25H28F3N3O5S/c1-2-21(25(34)35)36-17-5-3-4-14(8-17)13-30-23(33)24-31(6-7-37-24)22(32)11-16(29)9-15-10-19(27)20(28)12-18(15)26/h3-5,8,10,12,16,21,24H,2,6-7,9,11,13,29H2,1H3,(H,30,33)(H,34,35)/t16-,21?,24?/m1/s1. The highest BCUT2D eigenvalue weighted by Crippen LogP contribution is 2.26. The van der Waals surface area contributed by atoms with E-state index in [4.69, 9.17) is 15.6 Å². The minimum Gasteiger partial charge on any atom is -0.479 e. The van der Waals surface area contributed by atoms with Crippen LogP contribution in [-0.4, -0.2) is 57.6 Å². The van der Waals surface area contributed by atoms with Gasteiger partial charge in [-0.15, -0.1) is 11.8 Å². The first kappa shape index (κ1) is 28.3. The zero-order valence-electron chi connectivity index (χ0n) is 20.1. The van der Waals surface area contributed by atoms with Crippen molar-refractivity contribution in [3.8, 4) is 5.75 Å². The maximum atomic E-state index is 13.9. The first-order valence-electron chi connectivity index (χ1n) is 11.6. The second-order valence-corrected chi connectivity index (χ2v) is 9.74. The molecule has 8 nitrogen and oxygen atoms in total. The summed E-state index contributed by atoms with van der Waals surface area (Å²) < 4.78 is 46.0. The third kappa shape index (κ3) is 7.62. The lowest BCUT2D eigenvalue weighted by atomic mass is 10.0. The Labute approximate surface area is 216 Å². The Morgan fingerprint density at radius 2 is 1.92 bits per heavy atom. The number of ether oxygens (including phenoxy) is 1. The van der Waals surface area contributed by atoms with Crippen LogP contribution in [0.2, 0.25) is 0 Å². The Balaban J connectivity index is 1.55. The molecule has 3 atom stereocenters. The molecule has 2 unspecified atom stereocenters. The molecule has 0 spiro atoms. The van der Waals surface area contributed by atoms with Crippen LogP contribution in [0, 0.1) is 17.5 Å². The van der Waals surface area contributed by atoms with Gasteiger partial charge in [-0.3, -0.25) is 9.59 Å². The average Bonchev–Trinajstić information content (AvgIpc) is 3.35. The monoisotopic (exact) mass is 539 g/mol. The van der Waals surface area contributed by atoms with Crippen molar-refractivity contribution in [3.63, 3.8) is 0 Å². The van der Waals surface area contributed by atoms with Gasteiger partial charge in [0, 0.05) is 37.4 Å². The topological polar surface area (TPSA) is 122 Å². The zero-order valence-corrected chi connectivity index (χ0v) is 20.9. The van der Waals surface area contributed by atoms with E-state index in [0.29, 0.717) is 36.1 Å². The second-order valence-electron chi connectivity index (χ2n) is 8.55. The van der Waals surface area contributed by atoms with Gasteiger partial charge in [0.05, 0.1) is 0 Å². The Bertz CT molecular complexity index is 1150. The van der Waals surface area contributed by atoms with Crippen molar-refractivity contribution >= 4 is 29.5 Å². The van der Waals surface area contributed by atoms with Crippen LogP contribution in [0.5, 0.6) is 5.75 Å². The van der Waals surface area contributed by atoms with E-state index >= 15 is 0 Å². The molecule has 3 rings (SSSR count). The van der Waals surface area contributed by atoms with Gasteiger partial charge in [0.15, 0.2) is 23.1 Å². The molecule has 0 bridgehead atoms. The van der Waals surface area contributed by atoms with Gasteiger partial charge in [-0.25, -0.2) is 18.0 Å². The van der Waals surface area contributed by atoms with Gasteiger partial charge >= 0.3 is 5.97 Å². The third-order valence-corrected chi connectivity index (χ3v) is 6.94. The molecule has 2 amide bonds. The number of nitrogens with two attached hydrogens (primary N) is 1. The van der Waals surface area contributed by atoms with Crippen LogP contribution in [0.15, 0.2) is 36.4 Å². The number of nitrogens with one attached hydrogen (secondary N) is 1. The lowest BCUT2D eigenvalue weighted by Gasteiger charge is -2.24. The molecule has 2 aromatic rings. The third-order valence-electron chi connectivity index (χ3n) is 5.73. The van der Waals surface area contributed by atoms with E-state index in [9.17, 15) is 27.6 Å². The molecule has 1 aliphatic heterocycles. The van der Waals surface area contributed by atoms with Crippen molar-refractivity contribution < 1.29 is 37.4 Å². The van der Waals surface area contributed by atoms with Gasteiger partial charge in [0.25, 0.3) is 5.91 Å². The molecule has 1 heterocycles. The highest BCUT2D eigenvalue weighted by Gasteiger charge is 2.35. The van der Waals surface area contributed by atoms with E-state index in [0.717, 1.165) is 6.07 Å². The van der Waals surface area contributed by atoms with E-state index < -0.39 is 46.8 Å². The SMILES string of the molecule is CCC(Oc1cccc(CNC(=O)C2SCCN2C(=O)C[C@H](N)Cc2cc(F)c(F)cc2F)c1)C(=O)O. The van der Waals surface area contributed by atoms with Gasteiger partial charge in [-0.1, -0.05) is 19.1 Å². The molecule has 0 aromatic heterocycles. The number of carbonyl (C=O) groups excluding carboxylic acids is 2. The fourth-order valence-corrected chi connectivity index (χ4v) is 5.00. The van der Waals surface area contributed by atoms with Crippen LogP contribution in [0.4, 0.5) is 13.2 Å². The molecule has 4 N–H and O–H groups in total. The summed E-state index contributed by atoms with van der Waals surface area (Å²) in [5, 5.41) is 11.2. The largest absolute Gasteiger partial charge is 0.479 e. The van der Waals surface area contributed by atoms with Gasteiger partial charge in [0.1, 0.15) is 11.6 Å². The number of hydrogen-bond donors (Lipinski definition) is 3. The molecule has 0 saturated carbocycles. The van der Waals surface area contributed by atoms with Crippen molar-refractivity contribution in [3.05, 3.63) is 65.0 Å². The van der Waals surface area contributed by atoms with Gasteiger partial charge in [0.2, 0.25) is 5.91 Å². The molecule has 2 aromatic carbocycles. The number of carboxylic acid groups (broad SMARTS) is 1. The number of hydrogen-bond acceptors (Lipinski definition) is 6. The number of carbonyl (C=O) groups is 3. The fraction of sp³-hybridized carbons (Fsp3) is 0.400. The van der Waals surface area contributed by atoms with Crippen molar-refractivity contribution in [2.45, 2.75) is 50.3 Å². The number of aliphatic carboxylic acids is 1. The minimum atomic E-state index is -1.31. The Kier molecular flexibility index (Phi) is 9.81.